The van der Waals surface area contributed by atoms with Crippen LogP contribution in [-0.4, -0.2) is 15.0 Å². The minimum Gasteiger partial charge on any atom is -0.259 e. The zero-order valence-electron chi connectivity index (χ0n) is 4.80. The molecular formula is C3H3N3O3Pr. The number of hydrogen-bond acceptors (Lipinski definition) is 3. The van der Waals surface area contributed by atoms with Crippen LogP contribution in [0.4, 0.5) is 0 Å². The van der Waals surface area contributed by atoms with Crippen molar-refractivity contribution >= 4 is 0 Å². The summed E-state index contributed by atoms with van der Waals surface area (Å²) in [4.78, 5) is 35.9. The molecule has 1 aromatic rings. The van der Waals surface area contributed by atoms with Crippen molar-refractivity contribution in [2.75, 3.05) is 0 Å². The van der Waals surface area contributed by atoms with E-state index in [-0.39, 0.29) is 41.3 Å². The summed E-state index contributed by atoms with van der Waals surface area (Å²) in [6, 6.07) is 0. The van der Waals surface area contributed by atoms with Gasteiger partial charge in [-0.3, -0.25) is 15.0 Å². The van der Waals surface area contributed by atoms with Crippen LogP contribution in [0.25, 0.3) is 0 Å². The molecule has 0 fully saturated rings. The molecule has 10 heavy (non-hydrogen) atoms. The molecule has 0 unspecified atom stereocenters. The molecule has 7 heteroatoms. The molecule has 0 aromatic carbocycles. The summed E-state index contributed by atoms with van der Waals surface area (Å²) < 4.78 is 0. The van der Waals surface area contributed by atoms with Crippen LogP contribution in [0.15, 0.2) is 14.4 Å². The Morgan fingerprint density at radius 3 is 1.10 bits per heavy atom. The van der Waals surface area contributed by atoms with E-state index >= 15 is 0 Å². The molecule has 0 aliphatic rings. The second kappa shape index (κ2) is 3.82. The summed E-state index contributed by atoms with van der Waals surface area (Å²) in [5, 5.41) is 0. The molecule has 0 aliphatic heterocycles. The maximum absolute atomic E-state index is 10.2. The molecule has 0 spiro atoms. The molecule has 1 radical (unpaired) electrons. The van der Waals surface area contributed by atoms with Crippen molar-refractivity contribution in [3.63, 3.8) is 0 Å². The Morgan fingerprint density at radius 2 is 0.900 bits per heavy atom. The first-order valence-electron chi connectivity index (χ1n) is 2.11. The van der Waals surface area contributed by atoms with Gasteiger partial charge in [-0.05, 0) is 0 Å². The Kier molecular flexibility index (Phi) is 3.74. The van der Waals surface area contributed by atoms with Crippen LogP contribution in [0.5, 0.6) is 0 Å². The maximum atomic E-state index is 10.2. The summed E-state index contributed by atoms with van der Waals surface area (Å²) >= 11 is 0. The summed E-state index contributed by atoms with van der Waals surface area (Å²) in [6.07, 6.45) is 0. The second-order valence-corrected chi connectivity index (χ2v) is 1.36. The number of aromatic amines is 3. The normalized spacial score (nSPS) is 8.40. The summed E-state index contributed by atoms with van der Waals surface area (Å²) in [7, 11) is 0. The van der Waals surface area contributed by atoms with E-state index < -0.39 is 17.1 Å². The Balaban J connectivity index is 0.000000810. The summed E-state index contributed by atoms with van der Waals surface area (Å²) in [5.41, 5.74) is -2.41. The molecule has 0 bridgehead atoms. The van der Waals surface area contributed by atoms with Gasteiger partial charge < -0.3 is 0 Å². The molecule has 0 aliphatic carbocycles. The third kappa shape index (κ3) is 2.57. The van der Waals surface area contributed by atoms with Gasteiger partial charge >= 0.3 is 17.1 Å². The van der Waals surface area contributed by atoms with Crippen molar-refractivity contribution in [1.82, 2.24) is 15.0 Å². The van der Waals surface area contributed by atoms with Crippen LogP contribution in [0.3, 0.4) is 0 Å². The first-order valence-corrected chi connectivity index (χ1v) is 2.11. The average Bonchev–Trinajstić information content (AvgIpc) is 1.59. The van der Waals surface area contributed by atoms with Gasteiger partial charge in [-0.15, -0.1) is 0 Å². The number of nitrogens with one attached hydrogen (secondary N) is 3. The molecule has 3 N–H and O–H groups in total. The predicted molar refractivity (Wildman–Crippen MR) is 28.3 cm³/mol. The van der Waals surface area contributed by atoms with Gasteiger partial charge in [-0.1, -0.05) is 0 Å². The van der Waals surface area contributed by atoms with Gasteiger partial charge in [0.25, 0.3) is 0 Å². The van der Waals surface area contributed by atoms with E-state index in [1.807, 2.05) is 0 Å². The van der Waals surface area contributed by atoms with E-state index in [9.17, 15) is 14.4 Å². The van der Waals surface area contributed by atoms with Gasteiger partial charge in [0.15, 0.2) is 0 Å². The maximum Gasteiger partial charge on any atom is 0.330 e. The molecule has 1 aromatic heterocycles. The minimum atomic E-state index is -0.802. The van der Waals surface area contributed by atoms with E-state index in [4.69, 9.17) is 0 Å². The summed E-state index contributed by atoms with van der Waals surface area (Å²) in [6.45, 7) is 0. The van der Waals surface area contributed by atoms with Gasteiger partial charge in [-0.25, -0.2) is 14.4 Å². The standard InChI is InChI=1S/C3H3N3O3.Pr/c7-1-4-2(8)6-3(9)5-1;/h(H3,4,5,6,7,8,9);. The molecule has 6 nitrogen and oxygen atoms in total. The number of H-pyrrole nitrogens is 3. The van der Waals surface area contributed by atoms with Crippen molar-refractivity contribution in [1.29, 1.82) is 0 Å². The van der Waals surface area contributed by atoms with Gasteiger partial charge in [-0.2, -0.15) is 0 Å². The largest absolute Gasteiger partial charge is 0.330 e. The van der Waals surface area contributed by atoms with E-state index in [2.05, 4.69) is 0 Å². The zero-order chi connectivity index (χ0) is 6.85. The SMILES string of the molecule is O=c1[nH]c(=O)[nH]c(=O)[nH]1.[Pr]. The van der Waals surface area contributed by atoms with Crippen LogP contribution >= 0.6 is 0 Å². The number of aromatic nitrogens is 3. The first kappa shape index (κ1) is 9.77. The molecule has 1 heterocycles. The van der Waals surface area contributed by atoms with Crippen LogP contribution in [0.2, 0.25) is 0 Å². The Labute approximate surface area is 87.0 Å². The van der Waals surface area contributed by atoms with E-state index in [0.717, 1.165) is 0 Å². The predicted octanol–water partition coefficient (Wildman–Crippen LogP) is -2.25. The van der Waals surface area contributed by atoms with Crippen LogP contribution in [0, 0.1) is 41.3 Å². The molecular weight excluding hydrogens is 267 g/mol. The van der Waals surface area contributed by atoms with Crippen LogP contribution < -0.4 is 17.1 Å². The fourth-order valence-corrected chi connectivity index (χ4v) is 0.403. The van der Waals surface area contributed by atoms with Crippen LogP contribution in [-0.2, 0) is 0 Å². The fraction of sp³-hybridized carbons (Fsp3) is 0. The first-order chi connectivity index (χ1) is 4.18. The zero-order valence-corrected chi connectivity index (χ0v) is 8.51. The van der Waals surface area contributed by atoms with Crippen LogP contribution in [0.1, 0.15) is 0 Å². The van der Waals surface area contributed by atoms with Gasteiger partial charge in [0.1, 0.15) is 0 Å². The number of hydrogen-bond donors (Lipinski definition) is 3. The minimum absolute atomic E-state index is 0. The second-order valence-electron chi connectivity index (χ2n) is 1.36. The molecule has 0 atom stereocenters. The molecule has 0 saturated carbocycles. The van der Waals surface area contributed by atoms with Crippen molar-refractivity contribution in [3.8, 4) is 0 Å². The van der Waals surface area contributed by atoms with E-state index in [0.29, 0.717) is 0 Å². The molecule has 0 saturated heterocycles. The third-order valence-electron chi connectivity index (χ3n) is 0.681. The van der Waals surface area contributed by atoms with Gasteiger partial charge in [0.2, 0.25) is 0 Å². The van der Waals surface area contributed by atoms with Crippen molar-refractivity contribution in [3.05, 3.63) is 31.5 Å². The topological polar surface area (TPSA) is 98.6 Å². The van der Waals surface area contributed by atoms with Crippen molar-refractivity contribution < 1.29 is 41.3 Å². The number of rotatable bonds is 0. The molecule has 1 rings (SSSR count). The summed E-state index contributed by atoms with van der Waals surface area (Å²) in [5.74, 6) is 0. The Morgan fingerprint density at radius 1 is 0.700 bits per heavy atom. The van der Waals surface area contributed by atoms with E-state index in [1.165, 1.54) is 0 Å². The third-order valence-corrected chi connectivity index (χ3v) is 0.681. The quantitative estimate of drug-likeness (QED) is 0.496. The molecule has 0 amide bonds. The molecule has 51 valence electrons. The smallest absolute Gasteiger partial charge is 0.259 e. The average molecular weight is 270 g/mol. The Bertz CT molecular complexity index is 281. The monoisotopic (exact) mass is 270 g/mol. The van der Waals surface area contributed by atoms with Gasteiger partial charge in [0.05, 0.1) is 0 Å². The van der Waals surface area contributed by atoms with Crippen molar-refractivity contribution in [2.45, 2.75) is 0 Å². The van der Waals surface area contributed by atoms with E-state index in [1.54, 1.807) is 15.0 Å². The fourth-order valence-electron chi connectivity index (χ4n) is 0.403. The van der Waals surface area contributed by atoms with Crippen molar-refractivity contribution in [2.24, 2.45) is 0 Å². The van der Waals surface area contributed by atoms with Gasteiger partial charge in [0, 0.05) is 41.3 Å². The Hall–Kier alpha value is -0.226.